The molecule has 0 spiro atoms. The third-order valence-electron chi connectivity index (χ3n) is 2.74. The van der Waals surface area contributed by atoms with E-state index in [4.69, 9.17) is 11.6 Å². The van der Waals surface area contributed by atoms with Crippen LogP contribution in [0.15, 0.2) is 29.7 Å². The first kappa shape index (κ1) is 17.5. The molecule has 6 nitrogen and oxygen atoms in total. The molecule has 0 aliphatic rings. The molecule has 0 aliphatic carbocycles. The first-order valence-electron chi connectivity index (χ1n) is 6.42. The number of aromatic nitrogens is 3. The molecule has 2 rings (SSSR count). The number of hydrogen-bond donors (Lipinski definition) is 1. The largest absolute Gasteiger partial charge is 0.433 e. The Morgan fingerprint density at radius 1 is 1.48 bits per heavy atom. The number of amides is 1. The number of hydrogen-bond acceptors (Lipinski definition) is 5. The number of ether oxygens (including phenoxy) is 1. The lowest BCUT2D eigenvalue weighted by molar-refractivity contribution is -0.115. The lowest BCUT2D eigenvalue weighted by Gasteiger charge is -2.12. The van der Waals surface area contributed by atoms with Crippen molar-refractivity contribution >= 4 is 35.0 Å². The van der Waals surface area contributed by atoms with Gasteiger partial charge in [0, 0.05) is 12.7 Å². The maximum atomic E-state index is 12.2. The highest BCUT2D eigenvalue weighted by molar-refractivity contribution is 8.00. The van der Waals surface area contributed by atoms with Crippen LogP contribution in [0.4, 0.5) is 14.5 Å². The van der Waals surface area contributed by atoms with Gasteiger partial charge in [-0.1, -0.05) is 23.4 Å². The second-order valence-electron chi connectivity index (χ2n) is 4.50. The Morgan fingerprint density at radius 2 is 2.22 bits per heavy atom. The van der Waals surface area contributed by atoms with Gasteiger partial charge in [0.2, 0.25) is 5.91 Å². The smallest absolute Gasteiger partial charge is 0.387 e. The summed E-state index contributed by atoms with van der Waals surface area (Å²) in [5.41, 5.74) is 0.382. The van der Waals surface area contributed by atoms with Crippen molar-refractivity contribution in [2.24, 2.45) is 7.05 Å². The fourth-order valence-corrected chi connectivity index (χ4v) is 2.62. The van der Waals surface area contributed by atoms with Gasteiger partial charge < -0.3 is 14.6 Å². The number of nitrogens with zero attached hydrogens (tertiary/aromatic N) is 3. The van der Waals surface area contributed by atoms with Crippen LogP contribution in [0.1, 0.15) is 6.92 Å². The quantitative estimate of drug-likeness (QED) is 0.799. The molecular weight excluding hydrogens is 350 g/mol. The average Bonchev–Trinajstić information content (AvgIpc) is 2.87. The molecule has 1 atom stereocenters. The van der Waals surface area contributed by atoms with E-state index in [1.165, 1.54) is 36.3 Å². The Labute approximate surface area is 140 Å². The molecule has 23 heavy (non-hydrogen) atoms. The zero-order chi connectivity index (χ0) is 17.0. The zero-order valence-corrected chi connectivity index (χ0v) is 13.7. The summed E-state index contributed by atoms with van der Waals surface area (Å²) in [5, 5.41) is 10.4. The van der Waals surface area contributed by atoms with Crippen molar-refractivity contribution in [2.75, 3.05) is 5.32 Å². The molecule has 0 aliphatic heterocycles. The lowest BCUT2D eigenvalue weighted by Crippen LogP contribution is -2.22. The highest BCUT2D eigenvalue weighted by Gasteiger charge is 2.18. The predicted molar refractivity (Wildman–Crippen MR) is 83.0 cm³/mol. The maximum Gasteiger partial charge on any atom is 0.387 e. The zero-order valence-electron chi connectivity index (χ0n) is 12.2. The number of carbonyl (C=O) groups is 1. The number of aryl methyl sites for hydroxylation is 1. The number of nitrogens with one attached hydrogen (secondary N) is 1. The summed E-state index contributed by atoms with van der Waals surface area (Å²) in [6.45, 7) is -1.25. The van der Waals surface area contributed by atoms with Crippen molar-refractivity contribution in [3.63, 3.8) is 0 Å². The van der Waals surface area contributed by atoms with Gasteiger partial charge in [-0.25, -0.2) is 0 Å². The van der Waals surface area contributed by atoms with Gasteiger partial charge in [-0.15, -0.1) is 10.2 Å². The average molecular weight is 363 g/mol. The minimum Gasteiger partial charge on any atom is -0.433 e. The molecule has 1 heterocycles. The molecule has 2 aromatic rings. The van der Waals surface area contributed by atoms with Crippen LogP contribution in [-0.4, -0.2) is 32.5 Å². The normalized spacial score (nSPS) is 12.3. The van der Waals surface area contributed by atoms with Crippen LogP contribution in [-0.2, 0) is 11.8 Å². The maximum absolute atomic E-state index is 12.2. The van der Waals surface area contributed by atoms with Crippen molar-refractivity contribution in [2.45, 2.75) is 23.9 Å². The molecule has 1 N–H and O–H groups in total. The molecule has 1 aromatic heterocycles. The van der Waals surface area contributed by atoms with E-state index >= 15 is 0 Å². The standard InChI is InChI=1S/C13H13ClF2N4O2S/c1-7(23-13-19-17-6-20(13)2)11(21)18-8-3-4-10(9(14)5-8)22-12(15)16/h3-7,12H,1-2H3,(H,18,21). The molecule has 10 heteroatoms. The van der Waals surface area contributed by atoms with Crippen LogP contribution in [0.2, 0.25) is 5.02 Å². The monoisotopic (exact) mass is 362 g/mol. The van der Waals surface area contributed by atoms with E-state index in [0.29, 0.717) is 10.8 Å². The second-order valence-corrected chi connectivity index (χ2v) is 6.21. The molecule has 0 bridgehead atoms. The van der Waals surface area contributed by atoms with Gasteiger partial charge in [0.05, 0.1) is 10.3 Å². The summed E-state index contributed by atoms with van der Waals surface area (Å²) in [7, 11) is 1.77. The predicted octanol–water partition coefficient (Wildman–Crippen LogP) is 3.19. The first-order chi connectivity index (χ1) is 10.9. The molecule has 0 radical (unpaired) electrons. The van der Waals surface area contributed by atoms with E-state index in [-0.39, 0.29) is 16.7 Å². The molecule has 1 unspecified atom stereocenters. The first-order valence-corrected chi connectivity index (χ1v) is 7.68. The molecule has 124 valence electrons. The minimum atomic E-state index is -2.96. The molecule has 0 fully saturated rings. The van der Waals surface area contributed by atoms with Crippen molar-refractivity contribution in [1.29, 1.82) is 0 Å². The van der Waals surface area contributed by atoms with Crippen LogP contribution in [0.3, 0.4) is 0 Å². The number of benzene rings is 1. The van der Waals surface area contributed by atoms with Crippen molar-refractivity contribution < 1.29 is 18.3 Å². The molecule has 1 aromatic carbocycles. The number of carbonyl (C=O) groups excluding carboxylic acids is 1. The molecule has 0 saturated carbocycles. The van der Waals surface area contributed by atoms with Crippen LogP contribution in [0.5, 0.6) is 5.75 Å². The molecule has 0 saturated heterocycles. The van der Waals surface area contributed by atoms with Crippen LogP contribution < -0.4 is 10.1 Å². The highest BCUT2D eigenvalue weighted by Crippen LogP contribution is 2.29. The fourth-order valence-electron chi connectivity index (χ4n) is 1.60. The van der Waals surface area contributed by atoms with Gasteiger partial charge >= 0.3 is 6.61 Å². The Morgan fingerprint density at radius 3 is 2.78 bits per heavy atom. The van der Waals surface area contributed by atoms with E-state index in [1.54, 1.807) is 18.5 Å². The Bertz CT molecular complexity index is 698. The minimum absolute atomic E-state index is 0.0169. The van der Waals surface area contributed by atoms with Crippen LogP contribution in [0, 0.1) is 0 Å². The summed E-state index contributed by atoms with van der Waals surface area (Å²) in [6, 6.07) is 4.04. The van der Waals surface area contributed by atoms with Gasteiger partial charge in [0.25, 0.3) is 0 Å². The van der Waals surface area contributed by atoms with Gasteiger partial charge in [0.15, 0.2) is 5.16 Å². The van der Waals surface area contributed by atoms with Crippen molar-refractivity contribution in [3.05, 3.63) is 29.5 Å². The van der Waals surface area contributed by atoms with E-state index in [0.717, 1.165) is 0 Å². The third-order valence-corrected chi connectivity index (χ3v) is 4.18. The molecular formula is C13H13ClF2N4O2S. The highest BCUT2D eigenvalue weighted by atomic mass is 35.5. The lowest BCUT2D eigenvalue weighted by atomic mass is 10.3. The Kier molecular flexibility index (Phi) is 5.78. The number of alkyl halides is 2. The molecule has 1 amide bonds. The summed E-state index contributed by atoms with van der Waals surface area (Å²) < 4.78 is 30.3. The summed E-state index contributed by atoms with van der Waals surface area (Å²) in [6.07, 6.45) is 1.54. The summed E-state index contributed by atoms with van der Waals surface area (Å²) in [4.78, 5) is 12.1. The third kappa shape index (κ3) is 4.80. The van der Waals surface area contributed by atoms with Crippen molar-refractivity contribution in [3.8, 4) is 5.75 Å². The summed E-state index contributed by atoms with van der Waals surface area (Å²) >= 11 is 7.08. The topological polar surface area (TPSA) is 69.0 Å². The fraction of sp³-hybridized carbons (Fsp3) is 0.308. The van der Waals surface area contributed by atoms with Gasteiger partial charge in [-0.2, -0.15) is 8.78 Å². The van der Waals surface area contributed by atoms with E-state index in [1.807, 2.05) is 0 Å². The number of halogens is 3. The van der Waals surface area contributed by atoms with E-state index in [9.17, 15) is 13.6 Å². The number of rotatable bonds is 6. The Balaban J connectivity index is 1.99. The van der Waals surface area contributed by atoms with Gasteiger partial charge in [0.1, 0.15) is 12.1 Å². The Hall–Kier alpha value is -1.87. The van der Waals surface area contributed by atoms with Crippen LogP contribution in [0.25, 0.3) is 0 Å². The van der Waals surface area contributed by atoms with Crippen molar-refractivity contribution in [1.82, 2.24) is 14.8 Å². The van der Waals surface area contributed by atoms with Gasteiger partial charge in [-0.05, 0) is 25.1 Å². The van der Waals surface area contributed by atoms with E-state index in [2.05, 4.69) is 20.3 Å². The van der Waals surface area contributed by atoms with Gasteiger partial charge in [-0.3, -0.25) is 4.79 Å². The van der Waals surface area contributed by atoms with E-state index < -0.39 is 11.9 Å². The van der Waals surface area contributed by atoms with Crippen LogP contribution >= 0.6 is 23.4 Å². The SMILES string of the molecule is CC(Sc1nncn1C)C(=O)Nc1ccc(OC(F)F)c(Cl)c1. The number of anilines is 1. The summed E-state index contributed by atoms with van der Waals surface area (Å²) in [5.74, 6) is -0.433. The second kappa shape index (κ2) is 7.60. The number of thioether (sulfide) groups is 1.